The molecular weight excluding hydrogens is 237 g/mol. The molecule has 2 rings (SSSR count). The molecule has 0 saturated carbocycles. The minimum Gasteiger partial charge on any atom is -0.404 e. The van der Waals surface area contributed by atoms with E-state index in [4.69, 9.17) is 4.74 Å². The highest BCUT2D eigenvalue weighted by molar-refractivity contribution is 5.26. The smallest absolute Gasteiger partial charge is 0.404 e. The first kappa shape index (κ1) is 12.1. The number of pyridine rings is 1. The van der Waals surface area contributed by atoms with Gasteiger partial charge in [-0.15, -0.1) is 13.2 Å². The molecular formula is C10H11F3N2O2. The first-order chi connectivity index (χ1) is 8.04. The fourth-order valence-corrected chi connectivity index (χ4v) is 1.60. The van der Waals surface area contributed by atoms with Crippen LogP contribution >= 0.6 is 0 Å². The van der Waals surface area contributed by atoms with E-state index in [0.29, 0.717) is 25.3 Å². The lowest BCUT2D eigenvalue weighted by Crippen LogP contribution is -2.34. The van der Waals surface area contributed by atoms with Gasteiger partial charge in [-0.3, -0.25) is 4.98 Å². The molecule has 1 aromatic rings. The molecule has 4 nitrogen and oxygen atoms in total. The summed E-state index contributed by atoms with van der Waals surface area (Å²) in [6, 6.07) is 1.17. The topological polar surface area (TPSA) is 43.4 Å². The highest BCUT2D eigenvalue weighted by atomic mass is 19.4. The van der Waals surface area contributed by atoms with E-state index < -0.39 is 6.36 Å². The van der Waals surface area contributed by atoms with Gasteiger partial charge in [-0.1, -0.05) is 0 Å². The van der Waals surface area contributed by atoms with Gasteiger partial charge in [0.2, 0.25) is 0 Å². The predicted molar refractivity (Wildman–Crippen MR) is 52.5 cm³/mol. The van der Waals surface area contributed by atoms with E-state index in [1.165, 1.54) is 12.3 Å². The zero-order valence-electron chi connectivity index (χ0n) is 8.83. The number of rotatable bonds is 2. The summed E-state index contributed by atoms with van der Waals surface area (Å²) in [6.45, 7) is 1.68. The SMILES string of the molecule is FC(F)(F)Oc1cncc(C2COCCN2)c1. The van der Waals surface area contributed by atoms with Gasteiger partial charge in [0.1, 0.15) is 5.75 Å². The second kappa shape index (κ2) is 4.89. The highest BCUT2D eigenvalue weighted by Gasteiger charge is 2.31. The number of halogens is 3. The number of hydrogen-bond donors (Lipinski definition) is 1. The summed E-state index contributed by atoms with van der Waals surface area (Å²) in [7, 11) is 0. The van der Waals surface area contributed by atoms with E-state index in [1.54, 1.807) is 0 Å². The van der Waals surface area contributed by atoms with Crippen molar-refractivity contribution >= 4 is 0 Å². The van der Waals surface area contributed by atoms with Crippen LogP contribution in [0.3, 0.4) is 0 Å². The molecule has 0 bridgehead atoms. The standard InChI is InChI=1S/C10H11F3N2O2/c11-10(12,13)17-8-3-7(4-14-5-8)9-6-16-2-1-15-9/h3-5,9,15H,1-2,6H2. The third-order valence-corrected chi connectivity index (χ3v) is 2.29. The van der Waals surface area contributed by atoms with Crippen molar-refractivity contribution in [3.05, 3.63) is 24.0 Å². The number of ether oxygens (including phenoxy) is 2. The van der Waals surface area contributed by atoms with Crippen LogP contribution in [0.4, 0.5) is 13.2 Å². The number of alkyl halides is 3. The van der Waals surface area contributed by atoms with E-state index in [2.05, 4.69) is 15.0 Å². The van der Waals surface area contributed by atoms with Crippen molar-refractivity contribution in [2.45, 2.75) is 12.4 Å². The molecule has 1 atom stereocenters. The van der Waals surface area contributed by atoms with Crippen LogP contribution in [0, 0.1) is 0 Å². The van der Waals surface area contributed by atoms with Gasteiger partial charge in [-0.2, -0.15) is 0 Å². The summed E-state index contributed by atoms with van der Waals surface area (Å²) in [5, 5.41) is 3.12. The summed E-state index contributed by atoms with van der Waals surface area (Å²) < 4.78 is 45.1. The summed E-state index contributed by atoms with van der Waals surface area (Å²) in [5.74, 6) is -0.317. The zero-order valence-corrected chi connectivity index (χ0v) is 8.83. The third-order valence-electron chi connectivity index (χ3n) is 2.29. The molecule has 1 saturated heterocycles. The van der Waals surface area contributed by atoms with Crippen molar-refractivity contribution in [1.82, 2.24) is 10.3 Å². The molecule has 17 heavy (non-hydrogen) atoms. The van der Waals surface area contributed by atoms with Crippen LogP contribution in [0.2, 0.25) is 0 Å². The monoisotopic (exact) mass is 248 g/mol. The lowest BCUT2D eigenvalue weighted by Gasteiger charge is -2.24. The van der Waals surface area contributed by atoms with Crippen molar-refractivity contribution in [2.24, 2.45) is 0 Å². The van der Waals surface area contributed by atoms with Crippen molar-refractivity contribution in [1.29, 1.82) is 0 Å². The van der Waals surface area contributed by atoms with Gasteiger partial charge in [0.15, 0.2) is 0 Å². The van der Waals surface area contributed by atoms with E-state index >= 15 is 0 Å². The van der Waals surface area contributed by atoms with Crippen molar-refractivity contribution in [3.63, 3.8) is 0 Å². The molecule has 1 fully saturated rings. The number of hydrogen-bond acceptors (Lipinski definition) is 4. The van der Waals surface area contributed by atoms with Gasteiger partial charge in [0, 0.05) is 12.7 Å². The van der Waals surface area contributed by atoms with E-state index in [9.17, 15) is 13.2 Å². The molecule has 0 aromatic carbocycles. The van der Waals surface area contributed by atoms with E-state index in [-0.39, 0.29) is 11.8 Å². The van der Waals surface area contributed by atoms with Crippen LogP contribution in [0.1, 0.15) is 11.6 Å². The third kappa shape index (κ3) is 3.57. The fraction of sp³-hybridized carbons (Fsp3) is 0.500. The molecule has 94 valence electrons. The molecule has 0 spiro atoms. The number of morpholine rings is 1. The molecule has 0 radical (unpaired) electrons. The number of nitrogens with one attached hydrogen (secondary N) is 1. The molecule has 1 aliphatic rings. The second-order valence-electron chi connectivity index (χ2n) is 3.58. The van der Waals surface area contributed by atoms with Crippen LogP contribution in [-0.2, 0) is 4.74 Å². The van der Waals surface area contributed by atoms with Gasteiger partial charge < -0.3 is 14.8 Å². The minimum absolute atomic E-state index is 0.145. The molecule has 1 N–H and O–H groups in total. The first-order valence-electron chi connectivity index (χ1n) is 5.06. The Kier molecular flexibility index (Phi) is 3.49. The average molecular weight is 248 g/mol. The van der Waals surface area contributed by atoms with Crippen LogP contribution in [0.5, 0.6) is 5.75 Å². The number of nitrogens with zero attached hydrogens (tertiary/aromatic N) is 1. The molecule has 0 aliphatic carbocycles. The van der Waals surface area contributed by atoms with Crippen molar-refractivity contribution < 1.29 is 22.6 Å². The molecule has 1 aliphatic heterocycles. The van der Waals surface area contributed by atoms with Crippen LogP contribution in [0.25, 0.3) is 0 Å². The minimum atomic E-state index is -4.70. The first-order valence-corrected chi connectivity index (χ1v) is 5.06. The van der Waals surface area contributed by atoms with Crippen LogP contribution < -0.4 is 10.1 Å². The van der Waals surface area contributed by atoms with Crippen LogP contribution in [0.15, 0.2) is 18.5 Å². The lowest BCUT2D eigenvalue weighted by atomic mass is 10.1. The van der Waals surface area contributed by atoms with Gasteiger partial charge in [-0.25, -0.2) is 0 Å². The van der Waals surface area contributed by atoms with Gasteiger partial charge >= 0.3 is 6.36 Å². The lowest BCUT2D eigenvalue weighted by molar-refractivity contribution is -0.274. The Morgan fingerprint density at radius 1 is 1.41 bits per heavy atom. The Hall–Kier alpha value is -1.34. The average Bonchev–Trinajstić information content (AvgIpc) is 2.28. The van der Waals surface area contributed by atoms with Crippen LogP contribution in [-0.4, -0.2) is 31.1 Å². The molecule has 0 amide bonds. The second-order valence-corrected chi connectivity index (χ2v) is 3.58. The molecule has 7 heteroatoms. The fourth-order valence-electron chi connectivity index (χ4n) is 1.60. The number of aromatic nitrogens is 1. The zero-order chi connectivity index (χ0) is 12.3. The van der Waals surface area contributed by atoms with Gasteiger partial charge in [0.05, 0.1) is 25.5 Å². The summed E-state index contributed by atoms with van der Waals surface area (Å²) in [4.78, 5) is 3.72. The summed E-state index contributed by atoms with van der Waals surface area (Å²) >= 11 is 0. The summed E-state index contributed by atoms with van der Waals surface area (Å²) in [6.07, 6.45) is -2.17. The van der Waals surface area contributed by atoms with E-state index in [0.717, 1.165) is 6.20 Å². The summed E-state index contributed by atoms with van der Waals surface area (Å²) in [5.41, 5.74) is 0.617. The van der Waals surface area contributed by atoms with Crippen molar-refractivity contribution in [2.75, 3.05) is 19.8 Å². The quantitative estimate of drug-likeness (QED) is 0.864. The maximum Gasteiger partial charge on any atom is 0.573 e. The Balaban J connectivity index is 2.10. The Bertz CT molecular complexity index is 378. The molecule has 1 aromatic heterocycles. The predicted octanol–water partition coefficient (Wildman–Crippen LogP) is 1.64. The molecule has 2 heterocycles. The van der Waals surface area contributed by atoms with E-state index in [1.807, 2.05) is 0 Å². The maximum absolute atomic E-state index is 12.0. The highest BCUT2D eigenvalue weighted by Crippen LogP contribution is 2.25. The van der Waals surface area contributed by atoms with Gasteiger partial charge in [0.25, 0.3) is 0 Å². The van der Waals surface area contributed by atoms with Gasteiger partial charge in [-0.05, 0) is 11.6 Å². The normalized spacial score (nSPS) is 21.2. The molecule has 1 unspecified atom stereocenters. The Labute approximate surface area is 95.7 Å². The maximum atomic E-state index is 12.0. The van der Waals surface area contributed by atoms with Crippen molar-refractivity contribution in [3.8, 4) is 5.75 Å². The Morgan fingerprint density at radius 3 is 2.88 bits per heavy atom. The largest absolute Gasteiger partial charge is 0.573 e. The Morgan fingerprint density at radius 2 is 2.24 bits per heavy atom.